The van der Waals surface area contributed by atoms with Gasteiger partial charge in [-0.3, -0.25) is 14.4 Å². The third-order valence-electron chi connectivity index (χ3n) is 5.89. The minimum Gasteiger partial charge on any atom is -0.338 e. The van der Waals surface area contributed by atoms with Gasteiger partial charge in [0.25, 0.3) is 5.91 Å². The summed E-state index contributed by atoms with van der Waals surface area (Å²) in [6, 6.07) is 12.8. The number of rotatable bonds is 4. The Labute approximate surface area is 185 Å². The van der Waals surface area contributed by atoms with E-state index in [0.717, 1.165) is 0 Å². The van der Waals surface area contributed by atoms with Gasteiger partial charge in [0.1, 0.15) is 5.82 Å². The number of carbonyl (C=O) groups excluding carboxylic acids is 3. The van der Waals surface area contributed by atoms with Gasteiger partial charge >= 0.3 is 11.8 Å². The van der Waals surface area contributed by atoms with Crippen molar-refractivity contribution in [3.63, 3.8) is 0 Å². The quantitative estimate of drug-likeness (QED) is 0.682. The molecule has 0 spiro atoms. The number of carbonyl (C=O) groups is 3. The smallest absolute Gasteiger partial charge is 0.312 e. The van der Waals surface area contributed by atoms with E-state index in [1.807, 2.05) is 0 Å². The molecule has 2 aliphatic rings. The highest BCUT2D eigenvalue weighted by Gasteiger charge is 2.38. The number of benzene rings is 2. The largest absolute Gasteiger partial charge is 0.338 e. The molecule has 2 heterocycles. The molecule has 6 nitrogen and oxygen atoms in total. The van der Waals surface area contributed by atoms with Crippen LogP contribution in [-0.2, 0) is 16.1 Å². The molecule has 31 heavy (non-hydrogen) atoms. The molecule has 3 amide bonds. The monoisotopic (exact) mass is 443 g/mol. The van der Waals surface area contributed by atoms with Crippen LogP contribution < -0.4 is 0 Å². The van der Waals surface area contributed by atoms with E-state index < -0.39 is 11.8 Å². The summed E-state index contributed by atoms with van der Waals surface area (Å²) in [5.41, 5.74) is 1.24. The van der Waals surface area contributed by atoms with Gasteiger partial charge in [-0.25, -0.2) is 4.39 Å². The Morgan fingerprint density at radius 3 is 2.35 bits per heavy atom. The van der Waals surface area contributed by atoms with E-state index in [1.165, 1.54) is 17.0 Å². The van der Waals surface area contributed by atoms with Crippen molar-refractivity contribution in [1.82, 2.24) is 14.7 Å². The average molecular weight is 444 g/mol. The highest BCUT2D eigenvalue weighted by atomic mass is 35.5. The SMILES string of the molecule is O=C1C(=O)N(C2CCN(C(=O)c3ccc(Cl)cc3)CC2)CCN1Cc1cccc(F)c1. The van der Waals surface area contributed by atoms with Crippen molar-refractivity contribution in [2.45, 2.75) is 25.4 Å². The zero-order chi connectivity index (χ0) is 22.0. The van der Waals surface area contributed by atoms with Gasteiger partial charge in [-0.05, 0) is 54.8 Å². The molecule has 0 atom stereocenters. The van der Waals surface area contributed by atoms with Crippen molar-refractivity contribution in [2.75, 3.05) is 26.2 Å². The maximum absolute atomic E-state index is 13.4. The van der Waals surface area contributed by atoms with E-state index in [0.29, 0.717) is 55.2 Å². The molecule has 0 radical (unpaired) electrons. The first-order valence-corrected chi connectivity index (χ1v) is 10.7. The van der Waals surface area contributed by atoms with Crippen LogP contribution in [0.15, 0.2) is 48.5 Å². The zero-order valence-electron chi connectivity index (χ0n) is 17.0. The van der Waals surface area contributed by atoms with E-state index in [-0.39, 0.29) is 24.3 Å². The zero-order valence-corrected chi connectivity index (χ0v) is 17.7. The molecule has 0 aliphatic carbocycles. The van der Waals surface area contributed by atoms with E-state index in [9.17, 15) is 18.8 Å². The fraction of sp³-hybridized carbons (Fsp3) is 0.348. The first kappa shape index (κ1) is 21.3. The van der Waals surface area contributed by atoms with Crippen molar-refractivity contribution in [3.05, 3.63) is 70.5 Å². The number of halogens is 2. The number of likely N-dealkylation sites (tertiary alicyclic amines) is 1. The molecule has 2 aromatic carbocycles. The summed E-state index contributed by atoms with van der Waals surface area (Å²) in [4.78, 5) is 42.9. The van der Waals surface area contributed by atoms with Crippen LogP contribution in [0, 0.1) is 5.82 Å². The Balaban J connectivity index is 1.33. The minimum atomic E-state index is -0.560. The molecular weight excluding hydrogens is 421 g/mol. The summed E-state index contributed by atoms with van der Waals surface area (Å²) < 4.78 is 13.4. The number of hydrogen-bond donors (Lipinski definition) is 0. The summed E-state index contributed by atoms with van der Waals surface area (Å²) in [5, 5.41) is 0.579. The van der Waals surface area contributed by atoms with E-state index in [4.69, 9.17) is 11.6 Å². The Morgan fingerprint density at radius 1 is 0.968 bits per heavy atom. The van der Waals surface area contributed by atoms with Crippen molar-refractivity contribution >= 4 is 29.3 Å². The average Bonchev–Trinajstić information content (AvgIpc) is 2.77. The third kappa shape index (κ3) is 4.71. The van der Waals surface area contributed by atoms with Crippen LogP contribution in [0.2, 0.25) is 5.02 Å². The molecule has 0 unspecified atom stereocenters. The lowest BCUT2D eigenvalue weighted by molar-refractivity contribution is -0.158. The number of nitrogens with zero attached hydrogens (tertiary/aromatic N) is 3. The van der Waals surface area contributed by atoms with Gasteiger partial charge in [0.15, 0.2) is 0 Å². The molecule has 0 aromatic heterocycles. The van der Waals surface area contributed by atoms with Gasteiger partial charge in [0.2, 0.25) is 0 Å². The molecule has 0 saturated carbocycles. The van der Waals surface area contributed by atoms with Crippen molar-refractivity contribution in [1.29, 1.82) is 0 Å². The fourth-order valence-electron chi connectivity index (χ4n) is 4.20. The molecule has 162 valence electrons. The lowest BCUT2D eigenvalue weighted by Crippen LogP contribution is -2.59. The Morgan fingerprint density at radius 2 is 1.68 bits per heavy atom. The first-order chi connectivity index (χ1) is 14.9. The van der Waals surface area contributed by atoms with Crippen molar-refractivity contribution in [2.24, 2.45) is 0 Å². The summed E-state index contributed by atoms with van der Waals surface area (Å²) in [7, 11) is 0. The molecule has 2 saturated heterocycles. The highest BCUT2D eigenvalue weighted by Crippen LogP contribution is 2.22. The number of hydrogen-bond acceptors (Lipinski definition) is 3. The molecule has 2 aliphatic heterocycles. The second kappa shape index (κ2) is 9.06. The molecule has 4 rings (SSSR count). The van der Waals surface area contributed by atoms with Crippen LogP contribution in [-0.4, -0.2) is 64.6 Å². The first-order valence-electron chi connectivity index (χ1n) is 10.3. The van der Waals surface area contributed by atoms with E-state index >= 15 is 0 Å². The van der Waals surface area contributed by atoms with Crippen molar-refractivity contribution in [3.8, 4) is 0 Å². The predicted molar refractivity (Wildman–Crippen MR) is 114 cm³/mol. The highest BCUT2D eigenvalue weighted by molar-refractivity contribution is 6.35. The molecule has 2 aromatic rings. The second-order valence-corrected chi connectivity index (χ2v) is 8.32. The maximum Gasteiger partial charge on any atom is 0.312 e. The van der Waals surface area contributed by atoms with Gasteiger partial charge in [0, 0.05) is 49.4 Å². The van der Waals surface area contributed by atoms with Gasteiger partial charge in [-0.2, -0.15) is 0 Å². The van der Waals surface area contributed by atoms with Crippen LogP contribution in [0.4, 0.5) is 4.39 Å². The van der Waals surface area contributed by atoms with Crippen molar-refractivity contribution < 1.29 is 18.8 Å². The fourth-order valence-corrected chi connectivity index (χ4v) is 4.33. The van der Waals surface area contributed by atoms with Crippen LogP contribution >= 0.6 is 11.6 Å². The third-order valence-corrected chi connectivity index (χ3v) is 6.14. The lowest BCUT2D eigenvalue weighted by Gasteiger charge is -2.42. The Hall–Kier alpha value is -2.93. The van der Waals surface area contributed by atoms with E-state index in [2.05, 4.69) is 0 Å². The summed E-state index contributed by atoms with van der Waals surface area (Å²) >= 11 is 5.89. The van der Waals surface area contributed by atoms with Gasteiger partial charge in [-0.15, -0.1) is 0 Å². The molecular formula is C23H23ClFN3O3. The Bertz CT molecular complexity index is 990. The molecule has 0 bridgehead atoms. The summed E-state index contributed by atoms with van der Waals surface area (Å²) in [6.07, 6.45) is 1.25. The standard InChI is InChI=1S/C23H23ClFN3O3/c24-18-6-4-17(5-7-18)21(29)26-10-8-20(9-11-26)28-13-12-27(22(30)23(28)31)15-16-2-1-3-19(25)14-16/h1-7,14,20H,8-13,15H2. The lowest BCUT2D eigenvalue weighted by atomic mass is 10.0. The normalized spacial score (nSPS) is 17.9. The number of amides is 3. The van der Waals surface area contributed by atoms with Gasteiger partial charge in [-0.1, -0.05) is 23.7 Å². The maximum atomic E-state index is 13.4. The minimum absolute atomic E-state index is 0.0579. The molecule has 0 N–H and O–H groups in total. The molecule has 8 heteroatoms. The number of piperazine rings is 1. The Kier molecular flexibility index (Phi) is 6.23. The predicted octanol–water partition coefficient (Wildman–Crippen LogP) is 2.95. The summed E-state index contributed by atoms with van der Waals surface area (Å²) in [5.74, 6) is -1.51. The van der Waals surface area contributed by atoms with Crippen LogP contribution in [0.5, 0.6) is 0 Å². The molecule has 2 fully saturated rings. The topological polar surface area (TPSA) is 60.9 Å². The van der Waals surface area contributed by atoms with Crippen LogP contribution in [0.25, 0.3) is 0 Å². The summed E-state index contributed by atoms with van der Waals surface area (Å²) in [6.45, 7) is 2.11. The van der Waals surface area contributed by atoms with Gasteiger partial charge in [0.05, 0.1) is 0 Å². The van der Waals surface area contributed by atoms with Crippen LogP contribution in [0.1, 0.15) is 28.8 Å². The van der Waals surface area contributed by atoms with E-state index in [1.54, 1.807) is 46.2 Å². The van der Waals surface area contributed by atoms with Gasteiger partial charge < -0.3 is 14.7 Å². The number of piperidine rings is 1. The second-order valence-electron chi connectivity index (χ2n) is 7.89. The van der Waals surface area contributed by atoms with Crippen LogP contribution in [0.3, 0.4) is 0 Å².